The van der Waals surface area contributed by atoms with Gasteiger partial charge in [0.15, 0.2) is 5.60 Å². The van der Waals surface area contributed by atoms with E-state index >= 15 is 0 Å². The Kier molecular flexibility index (Phi) is 2.09. The smallest absolute Gasteiger partial charge is 0.450 e. The van der Waals surface area contributed by atoms with Crippen molar-refractivity contribution in [3.8, 4) is 12.3 Å². The summed E-state index contributed by atoms with van der Waals surface area (Å²) < 4.78 is 4.27. The van der Waals surface area contributed by atoms with Crippen LogP contribution >= 0.6 is 0 Å². The minimum Gasteiger partial charge on any atom is -0.450 e. The molecule has 0 aliphatic rings. The molecular weight excluding hydrogens is 120 g/mol. The van der Waals surface area contributed by atoms with Crippen molar-refractivity contribution in [2.24, 2.45) is 0 Å². The van der Waals surface area contributed by atoms with Crippen molar-refractivity contribution < 1.29 is 14.6 Å². The molecule has 0 heterocycles. The van der Waals surface area contributed by atoms with Gasteiger partial charge in [0.05, 0.1) is 0 Å². The van der Waals surface area contributed by atoms with Crippen LogP contribution in [0, 0.1) is 12.3 Å². The SMILES string of the molecule is C#CC(C)(C)OC(=O)O. The summed E-state index contributed by atoms with van der Waals surface area (Å²) in [5, 5.41) is 8.06. The molecule has 0 saturated heterocycles. The second kappa shape index (κ2) is 2.40. The largest absolute Gasteiger partial charge is 0.507 e. The van der Waals surface area contributed by atoms with Crippen molar-refractivity contribution in [1.29, 1.82) is 0 Å². The van der Waals surface area contributed by atoms with Crippen LogP contribution in [0.1, 0.15) is 13.8 Å². The second-order valence-electron chi connectivity index (χ2n) is 2.02. The third-order valence-electron chi connectivity index (χ3n) is 0.690. The van der Waals surface area contributed by atoms with Gasteiger partial charge in [-0.2, -0.15) is 0 Å². The first-order valence-corrected chi connectivity index (χ1v) is 2.37. The van der Waals surface area contributed by atoms with E-state index in [1.165, 1.54) is 13.8 Å². The fraction of sp³-hybridized carbons (Fsp3) is 0.500. The summed E-state index contributed by atoms with van der Waals surface area (Å²) in [5.74, 6) is 2.17. The van der Waals surface area contributed by atoms with Crippen molar-refractivity contribution in [1.82, 2.24) is 0 Å². The van der Waals surface area contributed by atoms with Crippen molar-refractivity contribution in [2.45, 2.75) is 19.4 Å². The second-order valence-corrected chi connectivity index (χ2v) is 2.02. The number of carboxylic acid groups (broad SMARTS) is 1. The lowest BCUT2D eigenvalue weighted by Gasteiger charge is -2.14. The van der Waals surface area contributed by atoms with Gasteiger partial charge in [0.2, 0.25) is 0 Å². The van der Waals surface area contributed by atoms with Crippen LogP contribution in [0.2, 0.25) is 0 Å². The highest BCUT2D eigenvalue weighted by Crippen LogP contribution is 2.05. The zero-order valence-corrected chi connectivity index (χ0v) is 5.34. The summed E-state index contributed by atoms with van der Waals surface area (Å²) in [4.78, 5) is 9.86. The van der Waals surface area contributed by atoms with Gasteiger partial charge in [0.25, 0.3) is 0 Å². The summed E-state index contributed by atoms with van der Waals surface area (Å²) in [6, 6.07) is 0. The number of hydrogen-bond acceptors (Lipinski definition) is 2. The topological polar surface area (TPSA) is 46.5 Å². The summed E-state index contributed by atoms with van der Waals surface area (Å²) in [6.45, 7) is 3.00. The first-order valence-electron chi connectivity index (χ1n) is 2.37. The Labute approximate surface area is 53.6 Å². The van der Waals surface area contributed by atoms with Crippen LogP contribution in [-0.2, 0) is 4.74 Å². The first-order chi connectivity index (χ1) is 3.98. The van der Waals surface area contributed by atoms with E-state index in [1.807, 2.05) is 0 Å². The molecule has 0 aromatic heterocycles. The highest BCUT2D eigenvalue weighted by atomic mass is 16.7. The number of terminal acetylenes is 1. The Morgan fingerprint density at radius 3 is 2.33 bits per heavy atom. The molecular formula is C6H8O3. The molecule has 0 fully saturated rings. The maximum Gasteiger partial charge on any atom is 0.507 e. The van der Waals surface area contributed by atoms with Gasteiger partial charge < -0.3 is 9.84 Å². The van der Waals surface area contributed by atoms with Gasteiger partial charge in [-0.15, -0.1) is 6.42 Å². The molecule has 50 valence electrons. The first kappa shape index (κ1) is 7.83. The molecule has 0 aliphatic heterocycles. The van der Waals surface area contributed by atoms with Crippen LogP contribution in [-0.4, -0.2) is 16.9 Å². The molecule has 0 bridgehead atoms. The molecule has 0 radical (unpaired) electrons. The Morgan fingerprint density at radius 1 is 1.78 bits per heavy atom. The van der Waals surface area contributed by atoms with Crippen LogP contribution in [0.4, 0.5) is 4.79 Å². The lowest BCUT2D eigenvalue weighted by atomic mass is 10.2. The van der Waals surface area contributed by atoms with Gasteiger partial charge >= 0.3 is 6.16 Å². The summed E-state index contributed by atoms with van der Waals surface area (Å²) >= 11 is 0. The number of rotatable bonds is 1. The molecule has 0 saturated carbocycles. The average molecular weight is 128 g/mol. The Hall–Kier alpha value is -1.17. The molecule has 0 spiro atoms. The monoisotopic (exact) mass is 128 g/mol. The molecule has 0 aliphatic carbocycles. The zero-order chi connectivity index (χ0) is 7.49. The minimum absolute atomic E-state index is 1.01. The van der Waals surface area contributed by atoms with E-state index in [0.29, 0.717) is 0 Å². The number of carbonyl (C=O) groups is 1. The van der Waals surface area contributed by atoms with E-state index in [4.69, 9.17) is 11.5 Å². The molecule has 9 heavy (non-hydrogen) atoms. The van der Waals surface area contributed by atoms with E-state index in [9.17, 15) is 4.79 Å². The van der Waals surface area contributed by atoms with Crippen LogP contribution in [0.3, 0.4) is 0 Å². The molecule has 0 amide bonds. The zero-order valence-electron chi connectivity index (χ0n) is 5.34. The standard InChI is InChI=1S/C6H8O3/c1-4-6(2,3)9-5(7)8/h1H,2-3H3,(H,7,8). The lowest BCUT2D eigenvalue weighted by molar-refractivity contribution is 0.0357. The minimum atomic E-state index is -1.35. The van der Waals surface area contributed by atoms with E-state index in [0.717, 1.165) is 0 Å². The van der Waals surface area contributed by atoms with Crippen molar-refractivity contribution in [2.75, 3.05) is 0 Å². The van der Waals surface area contributed by atoms with Crippen LogP contribution in [0.15, 0.2) is 0 Å². The number of ether oxygens (including phenoxy) is 1. The van der Waals surface area contributed by atoms with Gasteiger partial charge in [0.1, 0.15) is 0 Å². The lowest BCUT2D eigenvalue weighted by Crippen LogP contribution is -2.24. The quantitative estimate of drug-likeness (QED) is 0.424. The summed E-state index contributed by atoms with van der Waals surface area (Å²) in [6.07, 6.45) is 3.57. The maximum absolute atomic E-state index is 9.86. The third-order valence-corrected chi connectivity index (χ3v) is 0.690. The fourth-order valence-electron chi connectivity index (χ4n) is 0.248. The molecule has 0 unspecified atom stereocenters. The van der Waals surface area contributed by atoms with E-state index in [2.05, 4.69) is 10.7 Å². The van der Waals surface area contributed by atoms with Gasteiger partial charge in [-0.1, -0.05) is 5.92 Å². The molecule has 3 nitrogen and oxygen atoms in total. The molecule has 1 N–H and O–H groups in total. The molecule has 3 heteroatoms. The van der Waals surface area contributed by atoms with Crippen molar-refractivity contribution >= 4 is 6.16 Å². The maximum atomic E-state index is 9.86. The molecule has 0 atom stereocenters. The van der Waals surface area contributed by atoms with Gasteiger partial charge in [-0.05, 0) is 13.8 Å². The highest BCUT2D eigenvalue weighted by molar-refractivity contribution is 5.58. The fourth-order valence-corrected chi connectivity index (χ4v) is 0.248. The average Bonchev–Trinajstić information content (AvgIpc) is 1.63. The van der Waals surface area contributed by atoms with Gasteiger partial charge in [0, 0.05) is 0 Å². The van der Waals surface area contributed by atoms with Crippen molar-refractivity contribution in [3.05, 3.63) is 0 Å². The van der Waals surface area contributed by atoms with Gasteiger partial charge in [-0.3, -0.25) is 0 Å². The van der Waals surface area contributed by atoms with Crippen molar-refractivity contribution in [3.63, 3.8) is 0 Å². The molecule has 0 aromatic rings. The van der Waals surface area contributed by atoms with Crippen LogP contribution in [0.25, 0.3) is 0 Å². The Bertz CT molecular complexity index is 152. The van der Waals surface area contributed by atoms with E-state index in [-0.39, 0.29) is 0 Å². The third kappa shape index (κ3) is 3.42. The highest BCUT2D eigenvalue weighted by Gasteiger charge is 2.17. The molecule has 0 rings (SSSR count). The Morgan fingerprint density at radius 2 is 2.22 bits per heavy atom. The number of hydrogen-bond donors (Lipinski definition) is 1. The predicted molar refractivity (Wildman–Crippen MR) is 32.0 cm³/mol. The van der Waals surface area contributed by atoms with Gasteiger partial charge in [-0.25, -0.2) is 4.79 Å². The van der Waals surface area contributed by atoms with Crippen LogP contribution in [0.5, 0.6) is 0 Å². The van der Waals surface area contributed by atoms with E-state index < -0.39 is 11.8 Å². The summed E-state index contributed by atoms with van der Waals surface area (Å²) in [5.41, 5.74) is -1.01. The van der Waals surface area contributed by atoms with E-state index in [1.54, 1.807) is 0 Å². The van der Waals surface area contributed by atoms with Crippen LogP contribution < -0.4 is 0 Å². The normalized spacial score (nSPS) is 9.89. The Balaban J connectivity index is 3.91. The molecule has 0 aromatic carbocycles. The summed E-state index contributed by atoms with van der Waals surface area (Å²) in [7, 11) is 0. The predicted octanol–water partition coefficient (Wildman–Crippen LogP) is 1.09.